The van der Waals surface area contributed by atoms with Crippen LogP contribution in [0.5, 0.6) is 0 Å². The molecule has 0 radical (unpaired) electrons. The Balaban J connectivity index is 3.32. The first kappa shape index (κ1) is 18.4. The van der Waals surface area contributed by atoms with E-state index in [4.69, 9.17) is 5.73 Å². The van der Waals surface area contributed by atoms with Crippen molar-refractivity contribution in [3.8, 4) is 0 Å². The lowest BCUT2D eigenvalue weighted by atomic mass is 10.0. The summed E-state index contributed by atoms with van der Waals surface area (Å²) in [6, 6.07) is -0.339. The molecule has 0 aromatic rings. The molecule has 0 aromatic carbocycles. The fraction of sp³-hybridized carbons (Fsp3) is 0.938. The summed E-state index contributed by atoms with van der Waals surface area (Å²) >= 11 is 0. The summed E-state index contributed by atoms with van der Waals surface area (Å²) in [4.78, 5) is 11.6. The average Bonchev–Trinajstić information content (AvgIpc) is 2.35. The molecule has 0 aromatic heterocycles. The molecular weight excluding hydrogens is 236 g/mol. The van der Waals surface area contributed by atoms with Crippen LogP contribution in [0.15, 0.2) is 0 Å². The molecule has 0 aliphatic carbocycles. The summed E-state index contributed by atoms with van der Waals surface area (Å²) in [6.07, 6.45) is 11.1. The van der Waals surface area contributed by atoms with Crippen molar-refractivity contribution >= 4 is 5.91 Å². The number of hydrogen-bond acceptors (Lipinski definition) is 2. The van der Waals surface area contributed by atoms with Gasteiger partial charge >= 0.3 is 0 Å². The highest BCUT2D eigenvalue weighted by Crippen LogP contribution is 2.08. The molecule has 0 rings (SSSR count). The molecule has 3 heteroatoms. The smallest absolute Gasteiger partial charge is 0.236 e. The van der Waals surface area contributed by atoms with Gasteiger partial charge in [-0.15, -0.1) is 0 Å². The normalized spacial score (nSPS) is 12.7. The number of amides is 1. The van der Waals surface area contributed by atoms with E-state index in [0.29, 0.717) is 5.92 Å². The zero-order valence-electron chi connectivity index (χ0n) is 13.2. The summed E-state index contributed by atoms with van der Waals surface area (Å²) < 4.78 is 0. The minimum absolute atomic E-state index is 0.0108. The molecule has 0 aliphatic rings. The third-order valence-corrected chi connectivity index (χ3v) is 3.39. The van der Waals surface area contributed by atoms with Gasteiger partial charge in [-0.2, -0.15) is 0 Å². The van der Waals surface area contributed by atoms with Gasteiger partial charge in [0.1, 0.15) is 0 Å². The predicted octanol–water partition coefficient (Wildman–Crippen LogP) is 3.62. The lowest BCUT2D eigenvalue weighted by Crippen LogP contribution is -2.41. The second-order valence-electron chi connectivity index (χ2n) is 6.00. The van der Waals surface area contributed by atoms with Gasteiger partial charge < -0.3 is 11.1 Å². The summed E-state index contributed by atoms with van der Waals surface area (Å²) in [7, 11) is 0. The molecule has 3 N–H and O–H groups in total. The van der Waals surface area contributed by atoms with Gasteiger partial charge in [0.2, 0.25) is 5.91 Å². The van der Waals surface area contributed by atoms with Crippen molar-refractivity contribution < 1.29 is 4.79 Å². The highest BCUT2D eigenvalue weighted by Gasteiger charge is 2.13. The molecular formula is C16H34N2O. The van der Waals surface area contributed by atoms with Crippen molar-refractivity contribution in [2.24, 2.45) is 11.7 Å². The van der Waals surface area contributed by atoms with Crippen LogP contribution in [0.25, 0.3) is 0 Å². The van der Waals surface area contributed by atoms with Crippen molar-refractivity contribution in [1.82, 2.24) is 5.32 Å². The maximum atomic E-state index is 11.6. The summed E-state index contributed by atoms with van der Waals surface area (Å²) in [6.45, 7) is 7.20. The van der Waals surface area contributed by atoms with E-state index in [-0.39, 0.29) is 11.9 Å². The third kappa shape index (κ3) is 12.2. The first-order valence-corrected chi connectivity index (χ1v) is 8.11. The number of rotatable bonds is 12. The molecule has 0 unspecified atom stereocenters. The Bertz CT molecular complexity index is 217. The van der Waals surface area contributed by atoms with E-state index >= 15 is 0 Å². The van der Waals surface area contributed by atoms with E-state index in [1.54, 1.807) is 0 Å². The standard InChI is InChI=1S/C16H34N2O/c1-4-5-6-7-8-9-10-11-12-18-16(19)15(17)13-14(2)3/h14-15H,4-13,17H2,1-3H3,(H,18,19)/t15-/m1/s1. The highest BCUT2D eigenvalue weighted by molar-refractivity contribution is 5.81. The molecule has 0 fully saturated rings. The molecule has 114 valence electrons. The van der Waals surface area contributed by atoms with Crippen molar-refractivity contribution in [1.29, 1.82) is 0 Å². The third-order valence-electron chi connectivity index (χ3n) is 3.39. The predicted molar refractivity (Wildman–Crippen MR) is 83.1 cm³/mol. The van der Waals surface area contributed by atoms with Crippen LogP contribution in [0.4, 0.5) is 0 Å². The Hall–Kier alpha value is -0.570. The Morgan fingerprint density at radius 1 is 1.00 bits per heavy atom. The summed E-state index contributed by atoms with van der Waals surface area (Å²) in [5.41, 5.74) is 5.82. The second kappa shape index (κ2) is 12.5. The number of nitrogens with two attached hydrogens (primary N) is 1. The number of unbranched alkanes of at least 4 members (excludes halogenated alkanes) is 7. The van der Waals surface area contributed by atoms with E-state index in [9.17, 15) is 4.79 Å². The van der Waals surface area contributed by atoms with Crippen molar-refractivity contribution in [3.63, 3.8) is 0 Å². The Labute approximate surface area is 119 Å². The van der Waals surface area contributed by atoms with E-state index in [2.05, 4.69) is 26.1 Å². The molecule has 19 heavy (non-hydrogen) atoms. The molecule has 1 amide bonds. The molecule has 1 atom stereocenters. The van der Waals surface area contributed by atoms with Gasteiger partial charge in [-0.3, -0.25) is 4.79 Å². The number of carbonyl (C=O) groups excluding carboxylic acids is 1. The van der Waals surface area contributed by atoms with E-state index in [1.165, 1.54) is 44.9 Å². The number of hydrogen-bond donors (Lipinski definition) is 2. The zero-order chi connectivity index (χ0) is 14.5. The first-order chi connectivity index (χ1) is 9.07. The quantitative estimate of drug-likeness (QED) is 0.532. The van der Waals surface area contributed by atoms with Crippen LogP contribution in [-0.4, -0.2) is 18.5 Å². The Kier molecular flexibility index (Phi) is 12.1. The van der Waals surface area contributed by atoms with Gasteiger partial charge in [0, 0.05) is 6.54 Å². The second-order valence-corrected chi connectivity index (χ2v) is 6.00. The number of nitrogens with one attached hydrogen (secondary N) is 1. The van der Waals surface area contributed by atoms with Crippen LogP contribution >= 0.6 is 0 Å². The minimum Gasteiger partial charge on any atom is -0.355 e. The summed E-state index contributed by atoms with van der Waals surface area (Å²) in [5, 5.41) is 2.94. The molecule has 3 nitrogen and oxygen atoms in total. The van der Waals surface area contributed by atoms with Gasteiger partial charge in [0.25, 0.3) is 0 Å². The Morgan fingerprint density at radius 2 is 1.53 bits per heavy atom. The van der Waals surface area contributed by atoms with Crippen molar-refractivity contribution in [2.75, 3.05) is 6.54 Å². The van der Waals surface area contributed by atoms with Gasteiger partial charge in [0.15, 0.2) is 0 Å². The molecule has 0 bridgehead atoms. The van der Waals surface area contributed by atoms with Crippen molar-refractivity contribution in [3.05, 3.63) is 0 Å². The van der Waals surface area contributed by atoms with Gasteiger partial charge in [-0.25, -0.2) is 0 Å². The van der Waals surface area contributed by atoms with Gasteiger partial charge in [-0.1, -0.05) is 65.7 Å². The molecule has 0 spiro atoms. The fourth-order valence-electron chi connectivity index (χ4n) is 2.22. The van der Waals surface area contributed by atoms with E-state index in [0.717, 1.165) is 19.4 Å². The van der Waals surface area contributed by atoms with Crippen LogP contribution in [0, 0.1) is 5.92 Å². The minimum atomic E-state index is -0.339. The number of carbonyl (C=O) groups is 1. The van der Waals surface area contributed by atoms with Crippen LogP contribution in [0.3, 0.4) is 0 Å². The zero-order valence-corrected chi connectivity index (χ0v) is 13.2. The fourth-order valence-corrected chi connectivity index (χ4v) is 2.22. The SMILES string of the molecule is CCCCCCCCCCNC(=O)[C@H](N)CC(C)C. The van der Waals surface area contributed by atoms with Crippen LogP contribution in [0.1, 0.15) is 78.6 Å². The monoisotopic (exact) mass is 270 g/mol. The van der Waals surface area contributed by atoms with Gasteiger partial charge in [0.05, 0.1) is 6.04 Å². The van der Waals surface area contributed by atoms with Crippen LogP contribution in [-0.2, 0) is 4.79 Å². The highest BCUT2D eigenvalue weighted by atomic mass is 16.2. The average molecular weight is 270 g/mol. The largest absolute Gasteiger partial charge is 0.355 e. The first-order valence-electron chi connectivity index (χ1n) is 8.11. The van der Waals surface area contributed by atoms with Crippen molar-refractivity contribution in [2.45, 2.75) is 84.6 Å². The van der Waals surface area contributed by atoms with Crippen LogP contribution < -0.4 is 11.1 Å². The van der Waals surface area contributed by atoms with Crippen LogP contribution in [0.2, 0.25) is 0 Å². The maximum absolute atomic E-state index is 11.6. The molecule has 0 saturated carbocycles. The topological polar surface area (TPSA) is 55.1 Å². The molecule has 0 aliphatic heterocycles. The lowest BCUT2D eigenvalue weighted by Gasteiger charge is -2.14. The van der Waals surface area contributed by atoms with E-state index in [1.807, 2.05) is 0 Å². The van der Waals surface area contributed by atoms with Gasteiger partial charge in [-0.05, 0) is 18.8 Å². The van der Waals surface area contributed by atoms with E-state index < -0.39 is 0 Å². The molecule has 0 saturated heterocycles. The Morgan fingerprint density at radius 3 is 2.05 bits per heavy atom. The lowest BCUT2D eigenvalue weighted by molar-refractivity contribution is -0.122. The summed E-state index contributed by atoms with van der Waals surface area (Å²) in [5.74, 6) is 0.487. The molecule has 0 heterocycles. The maximum Gasteiger partial charge on any atom is 0.236 e.